The van der Waals surface area contributed by atoms with Crippen LogP contribution in [0, 0.1) is 12.7 Å². The van der Waals surface area contributed by atoms with Gasteiger partial charge in [0.15, 0.2) is 0 Å². The molecule has 28 heavy (non-hydrogen) atoms. The molecule has 0 radical (unpaired) electrons. The molecular formula is C23H19FN2O2. The lowest BCUT2D eigenvalue weighted by Gasteiger charge is -2.20. The summed E-state index contributed by atoms with van der Waals surface area (Å²) in [7, 11) is 0. The number of nitrogens with one attached hydrogen (secondary N) is 2. The fourth-order valence-electron chi connectivity index (χ4n) is 3.33. The largest absolute Gasteiger partial charge is 0.508 e. The predicted octanol–water partition coefficient (Wildman–Crippen LogP) is 4.84. The van der Waals surface area contributed by atoms with Crippen molar-refractivity contribution in [1.29, 1.82) is 0 Å². The topological polar surface area (TPSA) is 65.1 Å². The summed E-state index contributed by atoms with van der Waals surface area (Å²) in [6.45, 7) is 1.91. The fraction of sp³-hybridized carbons (Fsp3) is 0.0870. The van der Waals surface area contributed by atoms with Gasteiger partial charge in [0.25, 0.3) is 5.91 Å². The number of aryl methyl sites for hydroxylation is 1. The maximum atomic E-state index is 13.9. The smallest absolute Gasteiger partial charge is 0.252 e. The molecule has 3 N–H and O–H groups in total. The van der Waals surface area contributed by atoms with Gasteiger partial charge in [-0.15, -0.1) is 0 Å². The summed E-state index contributed by atoms with van der Waals surface area (Å²) in [4.78, 5) is 16.1. The van der Waals surface area contributed by atoms with Crippen LogP contribution in [0.3, 0.4) is 0 Å². The van der Waals surface area contributed by atoms with Crippen molar-refractivity contribution >= 4 is 16.8 Å². The SMILES string of the molecule is Cc1cccc(C(=O)N[C@@H](c2cc3ccccc3[nH]2)c2cc(F)ccc2O)c1. The van der Waals surface area contributed by atoms with Crippen LogP contribution in [0.4, 0.5) is 4.39 Å². The fourth-order valence-corrected chi connectivity index (χ4v) is 3.33. The lowest BCUT2D eigenvalue weighted by molar-refractivity contribution is 0.0942. The minimum absolute atomic E-state index is 0.0883. The number of fused-ring (bicyclic) bond motifs is 1. The molecule has 4 aromatic rings. The van der Waals surface area contributed by atoms with Gasteiger partial charge in [-0.05, 0) is 54.8 Å². The van der Waals surface area contributed by atoms with Gasteiger partial charge in [-0.2, -0.15) is 0 Å². The van der Waals surface area contributed by atoms with Crippen LogP contribution in [0.1, 0.15) is 33.2 Å². The molecule has 140 valence electrons. The van der Waals surface area contributed by atoms with E-state index in [2.05, 4.69) is 10.3 Å². The van der Waals surface area contributed by atoms with E-state index < -0.39 is 11.9 Å². The molecule has 1 heterocycles. The number of hydrogen-bond acceptors (Lipinski definition) is 2. The lowest BCUT2D eigenvalue weighted by atomic mass is 10.0. The van der Waals surface area contributed by atoms with E-state index in [1.54, 1.807) is 12.1 Å². The standard InChI is InChI=1S/C23H19FN2O2/c1-14-5-4-7-16(11-14)23(28)26-22(18-13-17(24)9-10-21(18)27)20-12-15-6-2-3-8-19(15)25-20/h2-13,22,25,27H,1H3,(H,26,28)/t22-/m1/s1. The Hall–Kier alpha value is -3.60. The van der Waals surface area contributed by atoms with Crippen LogP contribution in [-0.4, -0.2) is 16.0 Å². The number of H-pyrrole nitrogens is 1. The van der Waals surface area contributed by atoms with E-state index in [4.69, 9.17) is 0 Å². The molecule has 1 atom stereocenters. The number of benzene rings is 3. The van der Waals surface area contributed by atoms with Crippen molar-refractivity contribution in [2.24, 2.45) is 0 Å². The van der Waals surface area contributed by atoms with Crippen molar-refractivity contribution < 1.29 is 14.3 Å². The lowest BCUT2D eigenvalue weighted by Crippen LogP contribution is -2.29. The van der Waals surface area contributed by atoms with E-state index in [-0.39, 0.29) is 17.2 Å². The quantitative estimate of drug-likeness (QED) is 0.478. The molecule has 0 aliphatic heterocycles. The Morgan fingerprint density at radius 2 is 1.86 bits per heavy atom. The van der Waals surface area contributed by atoms with Crippen LogP contribution in [0.2, 0.25) is 0 Å². The highest BCUT2D eigenvalue weighted by molar-refractivity contribution is 5.95. The number of carbonyl (C=O) groups excluding carboxylic acids is 1. The van der Waals surface area contributed by atoms with Crippen LogP contribution in [0.25, 0.3) is 10.9 Å². The number of carbonyl (C=O) groups is 1. The van der Waals surface area contributed by atoms with Crippen LogP contribution in [0.5, 0.6) is 5.75 Å². The molecule has 3 aromatic carbocycles. The Morgan fingerprint density at radius 3 is 2.64 bits per heavy atom. The van der Waals surface area contributed by atoms with Crippen molar-refractivity contribution in [3.8, 4) is 5.75 Å². The van der Waals surface area contributed by atoms with Gasteiger partial charge in [-0.25, -0.2) is 4.39 Å². The zero-order valence-corrected chi connectivity index (χ0v) is 15.2. The van der Waals surface area contributed by atoms with E-state index >= 15 is 0 Å². The first-order valence-corrected chi connectivity index (χ1v) is 8.95. The summed E-state index contributed by atoms with van der Waals surface area (Å²) < 4.78 is 13.9. The maximum Gasteiger partial charge on any atom is 0.252 e. The summed E-state index contributed by atoms with van der Waals surface area (Å²) in [5.74, 6) is -0.885. The number of amides is 1. The Bertz CT molecular complexity index is 1130. The normalized spacial score (nSPS) is 12.1. The first-order valence-electron chi connectivity index (χ1n) is 8.95. The first kappa shape index (κ1) is 17.8. The Balaban J connectivity index is 1.79. The molecule has 0 fully saturated rings. The molecule has 1 amide bonds. The molecule has 0 unspecified atom stereocenters. The monoisotopic (exact) mass is 374 g/mol. The Labute approximate surface area is 161 Å². The van der Waals surface area contributed by atoms with Gasteiger partial charge in [0.2, 0.25) is 0 Å². The summed E-state index contributed by atoms with van der Waals surface area (Å²) in [5.41, 5.74) is 3.29. The minimum atomic E-state index is -0.740. The molecular weight excluding hydrogens is 355 g/mol. The van der Waals surface area contributed by atoms with E-state index in [1.165, 1.54) is 18.2 Å². The molecule has 0 aliphatic carbocycles. The molecule has 1 aromatic heterocycles. The van der Waals surface area contributed by atoms with Crippen LogP contribution in [0.15, 0.2) is 72.8 Å². The number of aromatic nitrogens is 1. The second-order valence-corrected chi connectivity index (χ2v) is 6.79. The van der Waals surface area contributed by atoms with Crippen LogP contribution >= 0.6 is 0 Å². The number of para-hydroxylation sites is 1. The molecule has 0 spiro atoms. The molecule has 0 aliphatic rings. The number of phenols is 1. The van der Waals surface area contributed by atoms with E-state index in [1.807, 2.05) is 49.4 Å². The van der Waals surface area contributed by atoms with Gasteiger partial charge in [-0.3, -0.25) is 4.79 Å². The molecule has 0 bridgehead atoms. The van der Waals surface area contributed by atoms with Crippen LogP contribution in [-0.2, 0) is 0 Å². The average Bonchev–Trinajstić information content (AvgIpc) is 3.12. The zero-order valence-electron chi connectivity index (χ0n) is 15.2. The zero-order chi connectivity index (χ0) is 19.7. The Morgan fingerprint density at radius 1 is 1.04 bits per heavy atom. The number of halogens is 1. The number of aromatic hydroxyl groups is 1. The van der Waals surface area contributed by atoms with Crippen molar-refractivity contribution in [3.05, 3.63) is 101 Å². The summed E-state index contributed by atoms with van der Waals surface area (Å²) >= 11 is 0. The van der Waals surface area contributed by atoms with Crippen molar-refractivity contribution in [2.45, 2.75) is 13.0 Å². The molecule has 4 rings (SSSR count). The second-order valence-electron chi connectivity index (χ2n) is 6.79. The number of phenolic OH excluding ortho intramolecular Hbond substituents is 1. The van der Waals surface area contributed by atoms with E-state index in [0.717, 1.165) is 16.5 Å². The summed E-state index contributed by atoms with van der Waals surface area (Å²) in [5, 5.41) is 14.2. The average molecular weight is 374 g/mol. The second kappa shape index (κ2) is 7.19. The third-order valence-corrected chi connectivity index (χ3v) is 4.72. The van der Waals surface area contributed by atoms with Crippen molar-refractivity contribution in [1.82, 2.24) is 10.3 Å². The predicted molar refractivity (Wildman–Crippen MR) is 107 cm³/mol. The number of hydrogen-bond donors (Lipinski definition) is 3. The molecule has 0 saturated heterocycles. The van der Waals surface area contributed by atoms with Gasteiger partial charge in [0.05, 0.1) is 6.04 Å². The molecule has 5 heteroatoms. The van der Waals surface area contributed by atoms with Crippen molar-refractivity contribution in [2.75, 3.05) is 0 Å². The first-order chi connectivity index (χ1) is 13.5. The molecule has 4 nitrogen and oxygen atoms in total. The highest BCUT2D eigenvalue weighted by Crippen LogP contribution is 2.31. The Kier molecular flexibility index (Phi) is 4.57. The highest BCUT2D eigenvalue weighted by Gasteiger charge is 2.23. The summed E-state index contributed by atoms with van der Waals surface area (Å²) in [6, 6.07) is 19.8. The van der Waals surface area contributed by atoms with E-state index in [0.29, 0.717) is 11.3 Å². The minimum Gasteiger partial charge on any atom is -0.508 e. The summed E-state index contributed by atoms with van der Waals surface area (Å²) in [6.07, 6.45) is 0. The van der Waals surface area contributed by atoms with Gasteiger partial charge < -0.3 is 15.4 Å². The van der Waals surface area contributed by atoms with Gasteiger partial charge >= 0.3 is 0 Å². The third kappa shape index (κ3) is 3.47. The number of rotatable bonds is 4. The highest BCUT2D eigenvalue weighted by atomic mass is 19.1. The maximum absolute atomic E-state index is 13.9. The van der Waals surface area contributed by atoms with Crippen LogP contribution < -0.4 is 5.32 Å². The third-order valence-electron chi connectivity index (χ3n) is 4.72. The van der Waals surface area contributed by atoms with Crippen molar-refractivity contribution in [3.63, 3.8) is 0 Å². The van der Waals surface area contributed by atoms with Gasteiger partial charge in [0.1, 0.15) is 11.6 Å². The van der Waals surface area contributed by atoms with Gasteiger partial charge in [-0.1, -0.05) is 35.9 Å². The van der Waals surface area contributed by atoms with E-state index in [9.17, 15) is 14.3 Å². The van der Waals surface area contributed by atoms with Gasteiger partial charge in [0, 0.05) is 22.3 Å². The number of aromatic amines is 1. The molecule has 0 saturated carbocycles.